The van der Waals surface area contributed by atoms with Crippen LogP contribution < -0.4 is 0 Å². The van der Waals surface area contributed by atoms with Crippen LogP contribution in [-0.2, 0) is 0 Å². The van der Waals surface area contributed by atoms with Gasteiger partial charge in [0.2, 0.25) is 0 Å². The Bertz CT molecular complexity index is 565. The maximum Gasteiger partial charge on any atom is 0.122 e. The average Bonchev–Trinajstić information content (AvgIpc) is 3.40. The first-order valence-electron chi connectivity index (χ1n) is 10.5. The van der Waals surface area contributed by atoms with Gasteiger partial charge in [0.1, 0.15) is 14.6 Å². The minimum Gasteiger partial charge on any atom is -0.0682 e. The topological polar surface area (TPSA) is 0 Å². The van der Waals surface area contributed by atoms with Gasteiger partial charge in [0, 0.05) is 0 Å². The van der Waals surface area contributed by atoms with Gasteiger partial charge in [0.15, 0.2) is 0 Å². The van der Waals surface area contributed by atoms with Crippen molar-refractivity contribution in [2.24, 2.45) is 0 Å². The van der Waals surface area contributed by atoms with Crippen LogP contribution in [0.5, 0.6) is 0 Å². The predicted octanol–water partition coefficient (Wildman–Crippen LogP) is 6.42. The normalized spacial score (nSPS) is 40.5. The molecule has 4 heterocycles. The smallest absolute Gasteiger partial charge is 0.0682 e. The lowest BCUT2D eigenvalue weighted by Crippen LogP contribution is -2.18. The van der Waals surface area contributed by atoms with Gasteiger partial charge in [-0.25, -0.2) is 0 Å². The Morgan fingerprint density at radius 1 is 0.833 bits per heavy atom. The molecule has 124 valence electrons. The van der Waals surface area contributed by atoms with Crippen LogP contribution in [0.3, 0.4) is 0 Å². The number of rotatable bonds is 6. The molecule has 4 fully saturated rings. The monoisotopic (exact) mass is 316 g/mol. The zero-order chi connectivity index (χ0) is 16.0. The summed E-state index contributed by atoms with van der Waals surface area (Å²) in [7, 11) is 5.54. The van der Waals surface area contributed by atoms with Gasteiger partial charge in [-0.05, 0) is 24.3 Å². The molecule has 1 unspecified atom stereocenters. The summed E-state index contributed by atoms with van der Waals surface area (Å²) in [6.07, 6.45) is 16.1. The molecule has 0 nitrogen and oxygen atoms in total. The lowest BCUT2D eigenvalue weighted by molar-refractivity contribution is 0.343. The first-order valence-corrected chi connectivity index (χ1v) is 10.5. The van der Waals surface area contributed by atoms with Gasteiger partial charge in [0.25, 0.3) is 0 Å². The molecule has 0 spiro atoms. The van der Waals surface area contributed by atoms with Gasteiger partial charge >= 0.3 is 0 Å². The Kier molecular flexibility index (Phi) is 3.87. The second kappa shape index (κ2) is 5.96. The van der Waals surface area contributed by atoms with Gasteiger partial charge in [-0.2, -0.15) is 0 Å². The van der Waals surface area contributed by atoms with Crippen LogP contribution >= 0.6 is 0 Å². The van der Waals surface area contributed by atoms with E-state index in [1.165, 1.54) is 70.6 Å². The Balaban J connectivity index is 1.32. The van der Waals surface area contributed by atoms with Crippen molar-refractivity contribution in [2.45, 2.75) is 98.8 Å². The van der Waals surface area contributed by atoms with Crippen molar-refractivity contribution in [1.29, 1.82) is 0 Å². The molecule has 1 atom stereocenters. The average molecular weight is 316 g/mol. The highest BCUT2D eigenvalue weighted by Gasteiger charge is 2.48. The minimum atomic E-state index is 0.598. The fourth-order valence-corrected chi connectivity index (χ4v) is 6.77. The van der Waals surface area contributed by atoms with Crippen LogP contribution in [0.4, 0.5) is 0 Å². The van der Waals surface area contributed by atoms with Crippen LogP contribution in [0.1, 0.15) is 82.1 Å². The first kappa shape index (κ1) is 15.6. The molecule has 2 radical (unpaired) electrons. The Hall–Kier alpha value is -0.650. The Morgan fingerprint density at radius 3 is 1.96 bits per heavy atom. The van der Waals surface area contributed by atoms with E-state index < -0.39 is 0 Å². The van der Waals surface area contributed by atoms with E-state index in [9.17, 15) is 0 Å². The molecule has 4 bridgehead atoms. The highest BCUT2D eigenvalue weighted by Crippen LogP contribution is 2.63. The second-order valence-electron chi connectivity index (χ2n) is 9.58. The molecule has 0 aromatic heterocycles. The molecule has 1 aromatic rings. The third-order valence-electron chi connectivity index (χ3n) is 8.15. The lowest BCUT2D eigenvalue weighted by Gasteiger charge is -2.34. The van der Waals surface area contributed by atoms with Crippen molar-refractivity contribution in [3.05, 3.63) is 35.9 Å². The van der Waals surface area contributed by atoms with Crippen LogP contribution in [-0.4, -0.2) is 14.6 Å². The summed E-state index contributed by atoms with van der Waals surface area (Å²) in [4.78, 5) is 0. The minimum absolute atomic E-state index is 0.598. The van der Waals surface area contributed by atoms with Crippen LogP contribution in [0.25, 0.3) is 0 Å². The van der Waals surface area contributed by atoms with E-state index in [4.69, 9.17) is 0 Å². The first-order chi connectivity index (χ1) is 11.7. The van der Waals surface area contributed by atoms with Crippen molar-refractivity contribution < 1.29 is 0 Å². The lowest BCUT2D eigenvalue weighted by atomic mass is 9.51. The molecule has 2 heteroatoms. The number of hydrogen-bond acceptors (Lipinski definition) is 0. The molecule has 5 rings (SSSR count). The highest BCUT2D eigenvalue weighted by molar-refractivity contribution is 6.45. The van der Waals surface area contributed by atoms with Crippen LogP contribution in [0, 0.1) is 0 Å². The predicted molar refractivity (Wildman–Crippen MR) is 104 cm³/mol. The van der Waals surface area contributed by atoms with Gasteiger partial charge < -0.3 is 0 Å². The van der Waals surface area contributed by atoms with Gasteiger partial charge in [-0.3, -0.25) is 0 Å². The zero-order valence-electron chi connectivity index (χ0n) is 15.1. The summed E-state index contributed by atoms with van der Waals surface area (Å²) in [6, 6.07) is 11.5. The second-order valence-corrected chi connectivity index (χ2v) is 9.58. The molecular formula is C22H30B2. The summed E-state index contributed by atoms with van der Waals surface area (Å²) in [5.74, 6) is 2.71. The fourth-order valence-electron chi connectivity index (χ4n) is 6.77. The van der Waals surface area contributed by atoms with E-state index in [1.807, 2.05) is 0 Å². The van der Waals surface area contributed by atoms with Crippen molar-refractivity contribution >= 4 is 14.6 Å². The molecule has 0 N–H and O–H groups in total. The molecule has 24 heavy (non-hydrogen) atoms. The molecule has 0 amide bonds. The highest BCUT2D eigenvalue weighted by atomic mass is 14.4. The van der Waals surface area contributed by atoms with E-state index in [2.05, 4.69) is 44.9 Å². The summed E-state index contributed by atoms with van der Waals surface area (Å²) in [5.41, 5.74) is 1.61. The third-order valence-corrected chi connectivity index (χ3v) is 8.15. The van der Waals surface area contributed by atoms with E-state index in [0.717, 1.165) is 17.6 Å². The largest absolute Gasteiger partial charge is 0.122 e. The van der Waals surface area contributed by atoms with Crippen LogP contribution in [0.15, 0.2) is 30.3 Å². The van der Waals surface area contributed by atoms with E-state index in [1.54, 1.807) is 5.56 Å². The molecule has 4 aliphatic heterocycles. The van der Waals surface area contributed by atoms with Gasteiger partial charge in [-0.1, -0.05) is 110 Å². The third kappa shape index (κ3) is 2.78. The Morgan fingerprint density at radius 2 is 1.42 bits per heavy atom. The van der Waals surface area contributed by atoms with Crippen molar-refractivity contribution in [3.63, 3.8) is 0 Å². The van der Waals surface area contributed by atoms with Crippen molar-refractivity contribution in [1.82, 2.24) is 0 Å². The molecule has 0 saturated carbocycles. The van der Waals surface area contributed by atoms with Crippen LogP contribution in [0.2, 0.25) is 22.3 Å². The van der Waals surface area contributed by atoms with E-state index >= 15 is 0 Å². The van der Waals surface area contributed by atoms with Gasteiger partial charge in [0.05, 0.1) is 0 Å². The zero-order valence-corrected chi connectivity index (χ0v) is 15.1. The Labute approximate surface area is 149 Å². The van der Waals surface area contributed by atoms with Gasteiger partial charge in [-0.15, -0.1) is 0 Å². The number of benzene rings is 1. The SMILES string of the molecule is [B]1C2CCC1(CCC(CC13[B]C(CC1)CC3)c1ccccc1)CC2. The maximum absolute atomic E-state index is 2.77. The van der Waals surface area contributed by atoms with Crippen molar-refractivity contribution in [3.8, 4) is 0 Å². The molecule has 1 aromatic carbocycles. The number of fused-ring (bicyclic) bond motifs is 4. The maximum atomic E-state index is 2.77. The quantitative estimate of drug-likeness (QED) is 0.531. The van der Waals surface area contributed by atoms with E-state index in [0.29, 0.717) is 10.6 Å². The summed E-state index contributed by atoms with van der Waals surface area (Å²) < 4.78 is 0. The van der Waals surface area contributed by atoms with Crippen molar-refractivity contribution in [2.75, 3.05) is 0 Å². The summed E-state index contributed by atoms with van der Waals surface area (Å²) >= 11 is 0. The molecular weight excluding hydrogens is 286 g/mol. The standard InChI is InChI=1S/C22H30B2/c1-2-4-17(5-3-1)18(16-22-14-9-20(24-22)10-15-22)6-11-21-12-7-19(23-21)8-13-21/h1-5,18-20H,6-16H2. The molecule has 4 saturated heterocycles. The molecule has 4 aliphatic rings. The molecule has 0 aliphatic carbocycles. The summed E-state index contributed by atoms with van der Waals surface area (Å²) in [6.45, 7) is 0. The fraction of sp³-hybridized carbons (Fsp3) is 0.727. The van der Waals surface area contributed by atoms with E-state index in [-0.39, 0.29) is 0 Å². The number of hydrogen-bond donors (Lipinski definition) is 0. The summed E-state index contributed by atoms with van der Waals surface area (Å²) in [5, 5.41) is 1.23.